The average molecular weight is 205 g/mol. The number of pyridine rings is 1. The topological polar surface area (TPSA) is 51.8 Å². The van der Waals surface area contributed by atoms with Gasteiger partial charge in [-0.2, -0.15) is 0 Å². The largest absolute Gasteiger partial charge is 0.375 e. The van der Waals surface area contributed by atoms with Crippen LogP contribution in [0.5, 0.6) is 0 Å². The second-order valence-corrected chi connectivity index (χ2v) is 4.36. The number of aryl methyl sites for hydroxylation is 2. The van der Waals surface area contributed by atoms with Gasteiger partial charge in [0.05, 0.1) is 5.69 Å². The van der Waals surface area contributed by atoms with Crippen molar-refractivity contribution in [2.24, 2.45) is 0 Å². The van der Waals surface area contributed by atoms with E-state index in [1.807, 2.05) is 32.0 Å². The molecule has 0 atom stereocenters. The lowest BCUT2D eigenvalue weighted by Crippen LogP contribution is -1.88. The molecule has 0 saturated heterocycles. The molecule has 0 aliphatic rings. The van der Waals surface area contributed by atoms with Gasteiger partial charge in [0.15, 0.2) is 5.13 Å². The maximum absolute atomic E-state index is 5.63. The van der Waals surface area contributed by atoms with E-state index >= 15 is 0 Å². The molecular weight excluding hydrogens is 194 g/mol. The first-order chi connectivity index (χ1) is 6.66. The zero-order valence-corrected chi connectivity index (χ0v) is 8.93. The van der Waals surface area contributed by atoms with E-state index in [1.54, 1.807) is 0 Å². The second-order valence-electron chi connectivity index (χ2n) is 3.12. The normalized spacial score (nSPS) is 10.4. The number of aromatic nitrogens is 2. The van der Waals surface area contributed by atoms with Gasteiger partial charge in [0, 0.05) is 10.6 Å². The van der Waals surface area contributed by atoms with E-state index in [-0.39, 0.29) is 0 Å². The van der Waals surface area contributed by atoms with Crippen molar-refractivity contribution in [2.45, 2.75) is 13.8 Å². The number of nitrogens with zero attached hydrogens (tertiary/aromatic N) is 2. The average Bonchev–Trinajstić information content (AvgIpc) is 2.45. The molecule has 0 saturated carbocycles. The van der Waals surface area contributed by atoms with E-state index in [0.29, 0.717) is 5.13 Å². The summed E-state index contributed by atoms with van der Waals surface area (Å²) in [5.74, 6) is 0. The van der Waals surface area contributed by atoms with E-state index < -0.39 is 0 Å². The molecule has 0 aliphatic carbocycles. The van der Waals surface area contributed by atoms with Crippen LogP contribution in [0.4, 0.5) is 5.13 Å². The number of hydrogen-bond donors (Lipinski definition) is 1. The number of hydrogen-bond acceptors (Lipinski definition) is 4. The van der Waals surface area contributed by atoms with E-state index in [2.05, 4.69) is 9.97 Å². The van der Waals surface area contributed by atoms with Crippen molar-refractivity contribution in [3.8, 4) is 11.4 Å². The zero-order valence-electron chi connectivity index (χ0n) is 8.11. The number of nitrogens with two attached hydrogens (primary N) is 1. The highest BCUT2D eigenvalue weighted by molar-refractivity contribution is 7.15. The quantitative estimate of drug-likeness (QED) is 0.777. The summed E-state index contributed by atoms with van der Waals surface area (Å²) in [6.45, 7) is 3.97. The van der Waals surface area contributed by atoms with Crippen molar-refractivity contribution in [3.63, 3.8) is 0 Å². The molecule has 0 unspecified atom stereocenters. The molecule has 0 amide bonds. The van der Waals surface area contributed by atoms with Crippen LogP contribution in [0.15, 0.2) is 18.2 Å². The van der Waals surface area contributed by atoms with Gasteiger partial charge in [-0.1, -0.05) is 6.07 Å². The molecule has 14 heavy (non-hydrogen) atoms. The van der Waals surface area contributed by atoms with Gasteiger partial charge >= 0.3 is 0 Å². The lowest BCUT2D eigenvalue weighted by molar-refractivity contribution is 1.18. The fourth-order valence-corrected chi connectivity index (χ4v) is 2.03. The van der Waals surface area contributed by atoms with Crippen molar-refractivity contribution in [1.82, 2.24) is 9.97 Å². The summed E-state index contributed by atoms with van der Waals surface area (Å²) in [7, 11) is 0. The van der Waals surface area contributed by atoms with Crippen LogP contribution < -0.4 is 5.73 Å². The summed E-state index contributed by atoms with van der Waals surface area (Å²) in [5.41, 5.74) is 8.43. The highest BCUT2D eigenvalue weighted by Crippen LogP contribution is 2.27. The molecule has 0 fully saturated rings. The molecule has 2 aromatic heterocycles. The Hall–Kier alpha value is -1.42. The highest BCUT2D eigenvalue weighted by Gasteiger charge is 2.08. The first-order valence-corrected chi connectivity index (χ1v) is 5.15. The maximum Gasteiger partial charge on any atom is 0.180 e. The fraction of sp³-hybridized carbons (Fsp3) is 0.200. The van der Waals surface area contributed by atoms with Crippen molar-refractivity contribution in [3.05, 3.63) is 28.8 Å². The van der Waals surface area contributed by atoms with Crippen LogP contribution in [0.25, 0.3) is 11.4 Å². The van der Waals surface area contributed by atoms with E-state index in [1.165, 1.54) is 11.3 Å². The fourth-order valence-electron chi connectivity index (χ4n) is 1.33. The summed E-state index contributed by atoms with van der Waals surface area (Å²) in [5, 5.41) is 0.598. The van der Waals surface area contributed by atoms with Crippen molar-refractivity contribution >= 4 is 16.5 Å². The summed E-state index contributed by atoms with van der Waals surface area (Å²) in [6.07, 6.45) is 0. The highest BCUT2D eigenvalue weighted by atomic mass is 32.1. The SMILES string of the molecule is Cc1cccc(-c2nc(N)sc2C)n1. The lowest BCUT2D eigenvalue weighted by atomic mass is 10.2. The van der Waals surface area contributed by atoms with Crippen molar-refractivity contribution in [1.29, 1.82) is 0 Å². The number of anilines is 1. The standard InChI is InChI=1S/C10H11N3S/c1-6-4-3-5-8(12-6)9-7(2)14-10(11)13-9/h3-5H,1-2H3,(H2,11,13). The lowest BCUT2D eigenvalue weighted by Gasteiger charge is -1.98. The maximum atomic E-state index is 5.63. The van der Waals surface area contributed by atoms with E-state index in [9.17, 15) is 0 Å². The Bertz CT molecular complexity index is 462. The summed E-state index contributed by atoms with van der Waals surface area (Å²) >= 11 is 1.50. The zero-order chi connectivity index (χ0) is 10.1. The molecule has 0 aliphatic heterocycles. The molecule has 4 heteroatoms. The molecule has 0 bridgehead atoms. The smallest absolute Gasteiger partial charge is 0.180 e. The summed E-state index contributed by atoms with van der Waals surface area (Å²) < 4.78 is 0. The van der Waals surface area contributed by atoms with Gasteiger partial charge in [-0.3, -0.25) is 4.98 Å². The minimum atomic E-state index is 0.598. The first kappa shape index (κ1) is 9.15. The number of nitrogen functional groups attached to an aromatic ring is 1. The van der Waals surface area contributed by atoms with Gasteiger partial charge in [-0.25, -0.2) is 4.98 Å². The molecule has 2 heterocycles. The molecule has 0 spiro atoms. The number of rotatable bonds is 1. The van der Waals surface area contributed by atoms with Gasteiger partial charge in [-0.15, -0.1) is 11.3 Å². The van der Waals surface area contributed by atoms with Gasteiger partial charge < -0.3 is 5.73 Å². The third-order valence-corrected chi connectivity index (χ3v) is 2.74. The molecule has 2 rings (SSSR count). The van der Waals surface area contributed by atoms with Crippen LogP contribution in [-0.4, -0.2) is 9.97 Å². The molecule has 72 valence electrons. The molecule has 0 radical (unpaired) electrons. The van der Waals surface area contributed by atoms with E-state index in [4.69, 9.17) is 5.73 Å². The molecule has 2 aromatic rings. The Labute approximate surface area is 86.6 Å². The summed E-state index contributed by atoms with van der Waals surface area (Å²) in [6, 6.07) is 5.90. The Morgan fingerprint density at radius 1 is 1.21 bits per heavy atom. The third-order valence-electron chi connectivity index (χ3n) is 1.94. The second kappa shape index (κ2) is 3.38. The molecular formula is C10H11N3S. The first-order valence-electron chi connectivity index (χ1n) is 4.34. The predicted molar refractivity (Wildman–Crippen MR) is 59.2 cm³/mol. The van der Waals surface area contributed by atoms with Crippen molar-refractivity contribution < 1.29 is 0 Å². The molecule has 3 nitrogen and oxygen atoms in total. The number of thiazole rings is 1. The van der Waals surface area contributed by atoms with Crippen LogP contribution >= 0.6 is 11.3 Å². The summed E-state index contributed by atoms with van der Waals surface area (Å²) in [4.78, 5) is 9.77. The Morgan fingerprint density at radius 3 is 2.57 bits per heavy atom. The molecule has 2 N–H and O–H groups in total. The van der Waals surface area contributed by atoms with Crippen LogP contribution in [0.3, 0.4) is 0 Å². The van der Waals surface area contributed by atoms with Crippen LogP contribution in [0.2, 0.25) is 0 Å². The van der Waals surface area contributed by atoms with Gasteiger partial charge in [0.25, 0.3) is 0 Å². The van der Waals surface area contributed by atoms with E-state index in [0.717, 1.165) is 22.0 Å². The molecule has 0 aromatic carbocycles. The van der Waals surface area contributed by atoms with Crippen LogP contribution in [0, 0.1) is 13.8 Å². The van der Waals surface area contributed by atoms with Gasteiger partial charge in [-0.05, 0) is 26.0 Å². The van der Waals surface area contributed by atoms with Gasteiger partial charge in [0.2, 0.25) is 0 Å². The minimum absolute atomic E-state index is 0.598. The van der Waals surface area contributed by atoms with Gasteiger partial charge in [0.1, 0.15) is 5.69 Å². The Morgan fingerprint density at radius 2 is 2.00 bits per heavy atom. The predicted octanol–water partition coefficient (Wildman–Crippen LogP) is 2.40. The third kappa shape index (κ3) is 1.61. The Kier molecular flexibility index (Phi) is 2.21. The van der Waals surface area contributed by atoms with Crippen molar-refractivity contribution in [2.75, 3.05) is 5.73 Å². The Balaban J connectivity index is 2.54. The monoisotopic (exact) mass is 205 g/mol. The van der Waals surface area contributed by atoms with Crippen LogP contribution in [0.1, 0.15) is 10.6 Å². The minimum Gasteiger partial charge on any atom is -0.375 e. The van der Waals surface area contributed by atoms with Crippen LogP contribution in [-0.2, 0) is 0 Å².